The predicted molar refractivity (Wildman–Crippen MR) is 104 cm³/mol. The third-order valence-electron chi connectivity index (χ3n) is 4.69. The molecule has 1 atom stereocenters. The third kappa shape index (κ3) is 3.75. The summed E-state index contributed by atoms with van der Waals surface area (Å²) in [5, 5.41) is 4.91. The van der Waals surface area contributed by atoms with Crippen LogP contribution in [0.2, 0.25) is 0 Å². The van der Waals surface area contributed by atoms with Crippen LogP contribution in [0.15, 0.2) is 66.3 Å². The van der Waals surface area contributed by atoms with Crippen molar-refractivity contribution in [3.05, 3.63) is 87.9 Å². The quantitative estimate of drug-likeness (QED) is 0.715. The van der Waals surface area contributed by atoms with Crippen molar-refractivity contribution in [2.75, 3.05) is 0 Å². The number of thiophene rings is 1. The fraction of sp³-hybridized carbons (Fsp3) is 0.190. The van der Waals surface area contributed by atoms with Gasteiger partial charge in [-0.2, -0.15) is 0 Å². The van der Waals surface area contributed by atoms with Crippen LogP contribution in [-0.2, 0) is 17.9 Å². The molecule has 3 aromatic rings. The number of nitrogens with one attached hydrogen (secondary N) is 1. The summed E-state index contributed by atoms with van der Waals surface area (Å²) >= 11 is 1.57. The van der Waals surface area contributed by atoms with Crippen LogP contribution in [0.25, 0.3) is 0 Å². The van der Waals surface area contributed by atoms with E-state index in [-0.39, 0.29) is 24.3 Å². The molecule has 1 aliphatic heterocycles. The molecule has 0 saturated carbocycles. The lowest BCUT2D eigenvalue weighted by Crippen LogP contribution is -2.33. The van der Waals surface area contributed by atoms with Crippen molar-refractivity contribution in [2.24, 2.45) is 0 Å². The summed E-state index contributed by atoms with van der Waals surface area (Å²) in [6, 6.07) is 15.1. The van der Waals surface area contributed by atoms with Crippen LogP contribution in [0, 0.1) is 0 Å². The van der Waals surface area contributed by atoms with E-state index in [0.717, 1.165) is 21.6 Å². The maximum absolute atomic E-state index is 12.9. The number of amides is 2. The van der Waals surface area contributed by atoms with E-state index >= 15 is 0 Å². The number of pyridine rings is 1. The highest BCUT2D eigenvalue weighted by Gasteiger charge is 2.34. The van der Waals surface area contributed by atoms with Crippen LogP contribution >= 0.6 is 11.3 Å². The number of carbonyl (C=O) groups excluding carboxylic acids is 2. The van der Waals surface area contributed by atoms with E-state index in [1.807, 2.05) is 53.9 Å². The average molecular weight is 377 g/mol. The number of fused-ring (bicyclic) bond motifs is 1. The first-order chi connectivity index (χ1) is 13.2. The minimum atomic E-state index is -0.265. The largest absolute Gasteiger partial charge is 0.352 e. The van der Waals surface area contributed by atoms with E-state index in [2.05, 4.69) is 10.3 Å². The molecule has 0 fully saturated rings. The van der Waals surface area contributed by atoms with Crippen molar-refractivity contribution in [1.82, 2.24) is 15.2 Å². The highest BCUT2D eigenvalue weighted by Crippen LogP contribution is 2.35. The Balaban J connectivity index is 1.49. The van der Waals surface area contributed by atoms with Crippen molar-refractivity contribution in [2.45, 2.75) is 25.6 Å². The number of rotatable bonds is 6. The van der Waals surface area contributed by atoms with Gasteiger partial charge < -0.3 is 10.2 Å². The number of benzene rings is 1. The van der Waals surface area contributed by atoms with Gasteiger partial charge in [-0.1, -0.05) is 30.3 Å². The maximum Gasteiger partial charge on any atom is 0.255 e. The molecule has 2 aromatic heterocycles. The summed E-state index contributed by atoms with van der Waals surface area (Å²) in [4.78, 5) is 32.4. The van der Waals surface area contributed by atoms with Crippen molar-refractivity contribution >= 4 is 23.2 Å². The van der Waals surface area contributed by atoms with E-state index < -0.39 is 0 Å². The van der Waals surface area contributed by atoms with Gasteiger partial charge in [0.25, 0.3) is 5.91 Å². The number of hydrogen-bond acceptors (Lipinski definition) is 4. The monoisotopic (exact) mass is 377 g/mol. The van der Waals surface area contributed by atoms with E-state index in [0.29, 0.717) is 13.1 Å². The first kappa shape index (κ1) is 17.4. The van der Waals surface area contributed by atoms with Gasteiger partial charge in [0.15, 0.2) is 0 Å². The Kier molecular flexibility index (Phi) is 4.98. The summed E-state index contributed by atoms with van der Waals surface area (Å²) in [7, 11) is 0. The lowest BCUT2D eigenvalue weighted by Gasteiger charge is -2.26. The third-order valence-corrected chi connectivity index (χ3v) is 5.66. The molecule has 3 heterocycles. The SMILES string of the molecule is O=C(C[C@H](c1cccs1)N1Cc2ccccc2C1=O)NCc1cccnc1. The maximum atomic E-state index is 12.9. The molecule has 136 valence electrons. The minimum Gasteiger partial charge on any atom is -0.352 e. The summed E-state index contributed by atoms with van der Waals surface area (Å²) in [6.45, 7) is 0.964. The molecule has 6 heteroatoms. The van der Waals surface area contributed by atoms with E-state index in [1.54, 1.807) is 28.6 Å². The van der Waals surface area contributed by atoms with Crippen LogP contribution in [0.1, 0.15) is 38.8 Å². The van der Waals surface area contributed by atoms with Crippen LogP contribution in [0.4, 0.5) is 0 Å². The smallest absolute Gasteiger partial charge is 0.255 e. The lowest BCUT2D eigenvalue weighted by molar-refractivity contribution is -0.122. The van der Waals surface area contributed by atoms with Gasteiger partial charge in [-0.3, -0.25) is 14.6 Å². The molecule has 1 N–H and O–H groups in total. The number of carbonyl (C=O) groups is 2. The molecule has 0 aliphatic carbocycles. The molecule has 1 aromatic carbocycles. The van der Waals surface area contributed by atoms with Crippen LogP contribution in [-0.4, -0.2) is 21.7 Å². The average Bonchev–Trinajstić information content (AvgIpc) is 3.34. The van der Waals surface area contributed by atoms with E-state index in [4.69, 9.17) is 0 Å². The predicted octanol–water partition coefficient (Wildman–Crippen LogP) is 3.55. The molecule has 0 bridgehead atoms. The highest BCUT2D eigenvalue weighted by molar-refractivity contribution is 7.10. The van der Waals surface area contributed by atoms with Gasteiger partial charge in [0.2, 0.25) is 5.91 Å². The zero-order chi connectivity index (χ0) is 18.6. The molecule has 1 aliphatic rings. The highest BCUT2D eigenvalue weighted by atomic mass is 32.1. The normalized spacial score (nSPS) is 14.1. The molecule has 2 amide bonds. The molecule has 4 rings (SSSR count). The van der Waals surface area contributed by atoms with Crippen LogP contribution in [0.3, 0.4) is 0 Å². The van der Waals surface area contributed by atoms with Gasteiger partial charge in [-0.15, -0.1) is 11.3 Å². The van der Waals surface area contributed by atoms with Gasteiger partial charge >= 0.3 is 0 Å². The number of nitrogens with zero attached hydrogens (tertiary/aromatic N) is 2. The Labute approximate surface area is 161 Å². The minimum absolute atomic E-state index is 0.0101. The van der Waals surface area contributed by atoms with E-state index in [1.165, 1.54) is 0 Å². The lowest BCUT2D eigenvalue weighted by atomic mass is 10.1. The summed E-state index contributed by atoms with van der Waals surface area (Å²) in [5.74, 6) is -0.0925. The zero-order valence-corrected chi connectivity index (χ0v) is 15.5. The number of hydrogen-bond donors (Lipinski definition) is 1. The van der Waals surface area contributed by atoms with Crippen molar-refractivity contribution in [3.63, 3.8) is 0 Å². The summed E-state index contributed by atoms with van der Waals surface area (Å²) in [5.41, 5.74) is 2.69. The summed E-state index contributed by atoms with van der Waals surface area (Å²) < 4.78 is 0. The molecular formula is C21H19N3O2S. The zero-order valence-electron chi connectivity index (χ0n) is 14.7. The Morgan fingerprint density at radius 1 is 1.19 bits per heavy atom. The van der Waals surface area contributed by atoms with Crippen molar-refractivity contribution < 1.29 is 9.59 Å². The van der Waals surface area contributed by atoms with Crippen molar-refractivity contribution in [1.29, 1.82) is 0 Å². The summed E-state index contributed by atoms with van der Waals surface area (Å²) in [6.07, 6.45) is 3.67. The second kappa shape index (κ2) is 7.72. The fourth-order valence-electron chi connectivity index (χ4n) is 3.32. The van der Waals surface area contributed by atoms with Crippen LogP contribution in [0.5, 0.6) is 0 Å². The second-order valence-electron chi connectivity index (χ2n) is 6.46. The van der Waals surface area contributed by atoms with Gasteiger partial charge in [-0.05, 0) is 34.7 Å². The standard InChI is InChI=1S/C21H19N3O2S/c25-20(23-13-15-5-3-9-22-12-15)11-18(19-8-4-10-27-19)24-14-16-6-1-2-7-17(16)21(24)26/h1-10,12,18H,11,13-14H2,(H,23,25)/t18-/m1/s1. The molecule has 0 radical (unpaired) electrons. The van der Waals surface area contributed by atoms with Gasteiger partial charge in [0.05, 0.1) is 12.5 Å². The van der Waals surface area contributed by atoms with Gasteiger partial charge in [-0.25, -0.2) is 0 Å². The molecule has 5 nitrogen and oxygen atoms in total. The van der Waals surface area contributed by atoms with Gasteiger partial charge in [0.1, 0.15) is 0 Å². The van der Waals surface area contributed by atoms with Gasteiger partial charge in [0, 0.05) is 35.9 Å². The first-order valence-corrected chi connectivity index (χ1v) is 9.68. The Bertz CT molecular complexity index is 941. The molecule has 0 unspecified atom stereocenters. The first-order valence-electron chi connectivity index (χ1n) is 8.80. The molecular weight excluding hydrogens is 358 g/mol. The molecule has 0 spiro atoms. The Hall–Kier alpha value is -2.99. The second-order valence-corrected chi connectivity index (χ2v) is 7.44. The fourth-order valence-corrected chi connectivity index (χ4v) is 4.16. The van der Waals surface area contributed by atoms with Crippen molar-refractivity contribution in [3.8, 4) is 0 Å². The Morgan fingerprint density at radius 3 is 2.81 bits per heavy atom. The number of aromatic nitrogens is 1. The topological polar surface area (TPSA) is 62.3 Å². The van der Waals surface area contributed by atoms with E-state index in [9.17, 15) is 9.59 Å². The molecule has 27 heavy (non-hydrogen) atoms. The molecule has 0 saturated heterocycles. The Morgan fingerprint density at radius 2 is 2.07 bits per heavy atom. The van der Waals surface area contributed by atoms with Crippen LogP contribution < -0.4 is 5.32 Å².